The Morgan fingerprint density at radius 1 is 1.17 bits per heavy atom. The summed E-state index contributed by atoms with van der Waals surface area (Å²) in [5, 5.41) is 2.12. The van der Waals surface area contributed by atoms with Crippen molar-refractivity contribution in [2.75, 3.05) is 38.2 Å². The van der Waals surface area contributed by atoms with Gasteiger partial charge in [0.25, 0.3) is 0 Å². The third kappa shape index (κ3) is 3.81. The number of piperazine rings is 1. The van der Waals surface area contributed by atoms with Crippen LogP contribution in [0.15, 0.2) is 55.3 Å². The maximum absolute atomic E-state index is 16.1. The number of terminal acetylenes is 1. The van der Waals surface area contributed by atoms with E-state index in [4.69, 9.17) is 11.2 Å². The summed E-state index contributed by atoms with van der Waals surface area (Å²) in [6.45, 7) is 5.58. The van der Waals surface area contributed by atoms with Crippen molar-refractivity contribution in [2.24, 2.45) is 0 Å². The van der Waals surface area contributed by atoms with E-state index in [1.54, 1.807) is 17.2 Å². The van der Waals surface area contributed by atoms with Gasteiger partial charge < -0.3 is 14.5 Å². The SMILES string of the molecule is C#Cc1cccc2cccc(-c3ncc4c(N5CCN(C(=O)C=C)CC5)nc(OC)nc4c3F)c12. The Bertz CT molecular complexity index is 1510. The molecule has 0 saturated carbocycles. The highest BCUT2D eigenvalue weighted by Gasteiger charge is 2.25. The number of anilines is 1. The Morgan fingerprint density at radius 3 is 2.60 bits per heavy atom. The number of halogens is 1. The van der Waals surface area contributed by atoms with E-state index in [1.807, 2.05) is 35.2 Å². The number of amides is 1. The predicted molar refractivity (Wildman–Crippen MR) is 134 cm³/mol. The summed E-state index contributed by atoms with van der Waals surface area (Å²) in [5.74, 6) is 2.50. The number of nitrogens with zero attached hydrogens (tertiary/aromatic N) is 5. The standard InChI is InChI=1S/C27H22FN5O2/c1-4-17-8-6-9-18-10-7-11-19(22(17)18)24-23(28)25-20(16-29-24)26(31-27(30-25)35-3)33-14-12-32(13-15-33)21(34)5-2/h1,5-11,16H,2,12-15H2,3H3. The number of ether oxygens (including phenoxy) is 1. The van der Waals surface area contributed by atoms with Crippen molar-refractivity contribution >= 4 is 33.4 Å². The largest absolute Gasteiger partial charge is 0.467 e. The van der Waals surface area contributed by atoms with E-state index in [0.29, 0.717) is 48.5 Å². The molecule has 4 aromatic rings. The van der Waals surface area contributed by atoms with Crippen LogP contribution in [0.4, 0.5) is 10.2 Å². The number of pyridine rings is 1. The summed E-state index contributed by atoms with van der Waals surface area (Å²) in [6.07, 6.45) is 8.62. The molecule has 1 saturated heterocycles. The molecule has 1 amide bonds. The number of hydrogen-bond donors (Lipinski definition) is 0. The van der Waals surface area contributed by atoms with Crippen LogP contribution in [-0.2, 0) is 4.79 Å². The summed E-state index contributed by atoms with van der Waals surface area (Å²) in [6, 6.07) is 11.3. The molecule has 0 spiro atoms. The lowest BCUT2D eigenvalue weighted by Gasteiger charge is -2.35. The quantitative estimate of drug-likeness (QED) is 0.336. The molecule has 0 N–H and O–H groups in total. The molecular formula is C27H22FN5O2. The fraction of sp³-hybridized carbons (Fsp3) is 0.185. The van der Waals surface area contributed by atoms with Crippen molar-refractivity contribution in [2.45, 2.75) is 0 Å². The number of rotatable bonds is 4. The second kappa shape index (κ2) is 9.03. The lowest BCUT2D eigenvalue weighted by molar-refractivity contribution is -0.126. The summed E-state index contributed by atoms with van der Waals surface area (Å²) < 4.78 is 21.4. The second-order valence-corrected chi connectivity index (χ2v) is 8.09. The van der Waals surface area contributed by atoms with Crippen LogP contribution in [0.25, 0.3) is 32.9 Å². The number of benzene rings is 2. The lowest BCUT2D eigenvalue weighted by Crippen LogP contribution is -2.48. The van der Waals surface area contributed by atoms with Gasteiger partial charge in [0, 0.05) is 48.9 Å². The molecule has 5 rings (SSSR count). The van der Waals surface area contributed by atoms with Crippen molar-refractivity contribution < 1.29 is 13.9 Å². The van der Waals surface area contributed by atoms with Crippen LogP contribution < -0.4 is 9.64 Å². The Kier molecular flexibility index (Phi) is 5.75. The average molecular weight is 468 g/mol. The normalized spacial score (nSPS) is 13.6. The van der Waals surface area contributed by atoms with Crippen molar-refractivity contribution in [3.63, 3.8) is 0 Å². The highest BCUT2D eigenvalue weighted by Crippen LogP contribution is 2.36. The van der Waals surface area contributed by atoms with Gasteiger partial charge in [0.15, 0.2) is 5.82 Å². The van der Waals surface area contributed by atoms with E-state index in [0.717, 1.165) is 10.8 Å². The molecule has 0 unspecified atom stereocenters. The maximum Gasteiger partial charge on any atom is 0.318 e. The highest BCUT2D eigenvalue weighted by atomic mass is 19.1. The maximum atomic E-state index is 16.1. The molecule has 7 nitrogen and oxygen atoms in total. The van der Waals surface area contributed by atoms with Gasteiger partial charge in [-0.15, -0.1) is 6.42 Å². The first-order valence-corrected chi connectivity index (χ1v) is 11.1. The number of fused-ring (bicyclic) bond motifs is 2. The van der Waals surface area contributed by atoms with Crippen molar-refractivity contribution in [3.8, 4) is 29.6 Å². The third-order valence-electron chi connectivity index (χ3n) is 6.21. The molecule has 0 bridgehead atoms. The molecular weight excluding hydrogens is 445 g/mol. The van der Waals surface area contributed by atoms with Gasteiger partial charge in [0.05, 0.1) is 12.5 Å². The van der Waals surface area contributed by atoms with Crippen LogP contribution >= 0.6 is 0 Å². The fourth-order valence-electron chi connectivity index (χ4n) is 4.47. The molecule has 3 heterocycles. The fourth-order valence-corrected chi connectivity index (χ4v) is 4.47. The van der Waals surface area contributed by atoms with Crippen LogP contribution in [-0.4, -0.2) is 59.0 Å². The smallest absolute Gasteiger partial charge is 0.318 e. The number of methoxy groups -OCH3 is 1. The Hall–Kier alpha value is -4.51. The first-order chi connectivity index (χ1) is 17.0. The van der Waals surface area contributed by atoms with Gasteiger partial charge in [-0.1, -0.05) is 42.8 Å². The zero-order valence-corrected chi connectivity index (χ0v) is 19.2. The molecule has 174 valence electrons. The minimum absolute atomic E-state index is 0.0513. The van der Waals surface area contributed by atoms with E-state index in [9.17, 15) is 4.79 Å². The van der Waals surface area contributed by atoms with Crippen LogP contribution in [0.3, 0.4) is 0 Å². The molecule has 1 fully saturated rings. The van der Waals surface area contributed by atoms with E-state index >= 15 is 4.39 Å². The molecule has 1 aliphatic rings. The summed E-state index contributed by atoms with van der Waals surface area (Å²) in [7, 11) is 1.44. The third-order valence-corrected chi connectivity index (χ3v) is 6.21. The Balaban J connectivity index is 1.65. The van der Waals surface area contributed by atoms with Crippen molar-refractivity contribution in [3.05, 3.63) is 66.6 Å². The van der Waals surface area contributed by atoms with Gasteiger partial charge in [0.2, 0.25) is 5.91 Å². The van der Waals surface area contributed by atoms with Crippen LogP contribution in [0.5, 0.6) is 6.01 Å². The minimum Gasteiger partial charge on any atom is -0.467 e. The van der Waals surface area contributed by atoms with Gasteiger partial charge in [0.1, 0.15) is 17.0 Å². The van der Waals surface area contributed by atoms with Crippen LogP contribution in [0, 0.1) is 18.2 Å². The Labute approximate surface area is 201 Å². The predicted octanol–water partition coefficient (Wildman–Crippen LogP) is 3.81. The number of aromatic nitrogens is 3. The lowest BCUT2D eigenvalue weighted by atomic mass is 9.97. The van der Waals surface area contributed by atoms with E-state index in [1.165, 1.54) is 13.2 Å². The number of carbonyl (C=O) groups is 1. The first kappa shape index (κ1) is 22.3. The van der Waals surface area contributed by atoms with Crippen molar-refractivity contribution in [1.29, 1.82) is 0 Å². The monoisotopic (exact) mass is 467 g/mol. The number of hydrogen-bond acceptors (Lipinski definition) is 6. The van der Waals surface area contributed by atoms with Gasteiger partial charge in [-0.25, -0.2) is 4.39 Å². The highest BCUT2D eigenvalue weighted by molar-refractivity contribution is 6.02. The van der Waals surface area contributed by atoms with E-state index < -0.39 is 5.82 Å². The minimum atomic E-state index is -0.579. The molecule has 0 radical (unpaired) electrons. The molecule has 8 heteroatoms. The van der Waals surface area contributed by atoms with Gasteiger partial charge in [-0.2, -0.15) is 9.97 Å². The second-order valence-electron chi connectivity index (χ2n) is 8.09. The summed E-state index contributed by atoms with van der Waals surface area (Å²) >= 11 is 0. The summed E-state index contributed by atoms with van der Waals surface area (Å²) in [4.78, 5) is 29.0. The van der Waals surface area contributed by atoms with Gasteiger partial charge in [-0.3, -0.25) is 9.78 Å². The van der Waals surface area contributed by atoms with Gasteiger partial charge >= 0.3 is 6.01 Å². The van der Waals surface area contributed by atoms with E-state index in [2.05, 4.69) is 27.5 Å². The summed E-state index contributed by atoms with van der Waals surface area (Å²) in [5.41, 5.74) is 1.51. The first-order valence-electron chi connectivity index (χ1n) is 11.1. The van der Waals surface area contributed by atoms with E-state index in [-0.39, 0.29) is 23.1 Å². The average Bonchev–Trinajstić information content (AvgIpc) is 2.91. The Morgan fingerprint density at radius 2 is 1.91 bits per heavy atom. The molecule has 35 heavy (non-hydrogen) atoms. The number of carbonyl (C=O) groups excluding carboxylic acids is 1. The zero-order valence-electron chi connectivity index (χ0n) is 19.2. The molecule has 2 aromatic heterocycles. The molecule has 0 aliphatic carbocycles. The molecule has 2 aromatic carbocycles. The van der Waals surface area contributed by atoms with Crippen molar-refractivity contribution in [1.82, 2.24) is 19.9 Å². The molecule has 1 aliphatic heterocycles. The van der Waals surface area contributed by atoms with Gasteiger partial charge in [-0.05, 0) is 17.5 Å². The molecule has 0 atom stereocenters. The zero-order chi connectivity index (χ0) is 24.5. The van der Waals surface area contributed by atoms with Crippen LogP contribution in [0.1, 0.15) is 5.56 Å². The topological polar surface area (TPSA) is 71.5 Å². The van der Waals surface area contributed by atoms with Crippen LogP contribution in [0.2, 0.25) is 0 Å².